The van der Waals surface area contributed by atoms with Crippen molar-refractivity contribution in [2.24, 2.45) is 0 Å². The van der Waals surface area contributed by atoms with Crippen molar-refractivity contribution in [1.82, 2.24) is 19.7 Å². The third-order valence-electron chi connectivity index (χ3n) is 5.52. The third kappa shape index (κ3) is 3.26. The van der Waals surface area contributed by atoms with Crippen LogP contribution in [0.1, 0.15) is 28.9 Å². The summed E-state index contributed by atoms with van der Waals surface area (Å²) in [4.78, 5) is 45.0. The average Bonchev–Trinajstić information content (AvgIpc) is 3.35. The van der Waals surface area contributed by atoms with Gasteiger partial charge in [0.15, 0.2) is 6.04 Å². The number of benzene rings is 2. The highest BCUT2D eigenvalue weighted by Crippen LogP contribution is 2.44. The molecule has 2 atom stereocenters. The first kappa shape index (κ1) is 19.8. The number of hydrogen-bond acceptors (Lipinski definition) is 5. The van der Waals surface area contributed by atoms with Gasteiger partial charge in [0, 0.05) is 11.3 Å². The van der Waals surface area contributed by atoms with E-state index in [1.54, 1.807) is 24.3 Å². The lowest BCUT2D eigenvalue weighted by atomic mass is 9.98. The van der Waals surface area contributed by atoms with Crippen molar-refractivity contribution in [1.29, 1.82) is 0 Å². The molecular weight excluding hydrogens is 414 g/mol. The number of rotatable bonds is 5. The van der Waals surface area contributed by atoms with Crippen molar-refractivity contribution >= 4 is 23.7 Å². The number of fused-ring (bicyclic) bond motifs is 4. The molecule has 2 aromatic carbocycles. The summed E-state index contributed by atoms with van der Waals surface area (Å²) in [6.07, 6.45) is 1.43. The van der Waals surface area contributed by atoms with Gasteiger partial charge in [-0.1, -0.05) is 48.5 Å². The van der Waals surface area contributed by atoms with Gasteiger partial charge in [-0.05, 0) is 17.7 Å². The molecule has 2 aliphatic heterocycles. The molecule has 32 heavy (non-hydrogen) atoms. The molecule has 2 N–H and O–H groups in total. The van der Waals surface area contributed by atoms with Crippen LogP contribution >= 0.6 is 0 Å². The largest absolute Gasteiger partial charge is 0.479 e. The monoisotopic (exact) mass is 433 g/mol. The Bertz CT molecular complexity index is 1180. The number of hydroxylamine groups is 2. The standard InChI is InChI=1S/C22H19N5O5/c28-20(29)19-18-16(11-23-26(18)21(30)24-15-9-5-2-6-10-15)17-12-25(19)22(31)27(17)32-13-14-7-3-1-4-8-14/h1-11,17,19H,12-13H2,(H,24,30)(H,28,29)/t17-,19?/m1/s1. The Kier molecular flexibility index (Phi) is 4.83. The minimum absolute atomic E-state index is 0.129. The Morgan fingerprint density at radius 1 is 1.09 bits per heavy atom. The molecule has 5 rings (SSSR count). The second-order valence-corrected chi connectivity index (χ2v) is 7.47. The zero-order valence-corrected chi connectivity index (χ0v) is 16.8. The molecule has 0 radical (unpaired) electrons. The fourth-order valence-electron chi connectivity index (χ4n) is 4.06. The lowest BCUT2D eigenvalue weighted by Crippen LogP contribution is -2.40. The van der Waals surface area contributed by atoms with Crippen molar-refractivity contribution < 1.29 is 24.3 Å². The quantitative estimate of drug-likeness (QED) is 0.639. The highest BCUT2D eigenvalue weighted by molar-refractivity contribution is 5.93. The van der Waals surface area contributed by atoms with Crippen LogP contribution < -0.4 is 5.32 Å². The molecule has 2 aliphatic rings. The number of aliphatic carboxylic acids is 1. The van der Waals surface area contributed by atoms with Gasteiger partial charge in [0.2, 0.25) is 0 Å². The maximum Gasteiger partial charge on any atom is 0.346 e. The van der Waals surface area contributed by atoms with Gasteiger partial charge in [-0.15, -0.1) is 0 Å². The number of carbonyl (C=O) groups excluding carboxylic acids is 2. The third-order valence-corrected chi connectivity index (χ3v) is 5.52. The minimum atomic E-state index is -1.36. The van der Waals surface area contributed by atoms with Crippen LogP contribution in [0, 0.1) is 0 Å². The Balaban J connectivity index is 1.47. The Labute approximate surface area is 182 Å². The van der Waals surface area contributed by atoms with Gasteiger partial charge in [0.1, 0.15) is 12.6 Å². The Morgan fingerprint density at radius 2 is 1.78 bits per heavy atom. The van der Waals surface area contributed by atoms with Crippen LogP contribution in [0.15, 0.2) is 66.9 Å². The summed E-state index contributed by atoms with van der Waals surface area (Å²) < 4.78 is 1.01. The normalized spacial score (nSPS) is 19.1. The first-order valence-electron chi connectivity index (χ1n) is 9.98. The maximum atomic E-state index is 13.0. The topological polar surface area (TPSA) is 117 Å². The number of carboxylic acids is 1. The van der Waals surface area contributed by atoms with E-state index in [1.807, 2.05) is 36.4 Å². The number of anilines is 1. The fraction of sp³-hybridized carbons (Fsp3) is 0.182. The zero-order chi connectivity index (χ0) is 22.2. The van der Waals surface area contributed by atoms with E-state index < -0.39 is 30.1 Å². The maximum absolute atomic E-state index is 13.0. The number of hydrogen-bond donors (Lipinski definition) is 2. The summed E-state index contributed by atoms with van der Waals surface area (Å²) in [5, 5.41) is 17.9. The van der Waals surface area contributed by atoms with Crippen LogP contribution in [0.4, 0.5) is 15.3 Å². The van der Waals surface area contributed by atoms with Gasteiger partial charge < -0.3 is 15.3 Å². The van der Waals surface area contributed by atoms with E-state index in [-0.39, 0.29) is 18.8 Å². The van der Waals surface area contributed by atoms with Crippen molar-refractivity contribution in [3.63, 3.8) is 0 Å². The molecule has 1 unspecified atom stereocenters. The van der Waals surface area contributed by atoms with E-state index in [0.717, 1.165) is 10.2 Å². The predicted molar refractivity (Wildman–Crippen MR) is 111 cm³/mol. The molecule has 3 amide bonds. The molecule has 0 saturated carbocycles. The molecule has 2 bridgehead atoms. The number of urea groups is 1. The first-order valence-corrected chi connectivity index (χ1v) is 9.98. The van der Waals surface area contributed by atoms with Crippen molar-refractivity contribution in [3.8, 4) is 0 Å². The fourth-order valence-corrected chi connectivity index (χ4v) is 4.06. The lowest BCUT2D eigenvalue weighted by Gasteiger charge is -2.28. The van der Waals surface area contributed by atoms with Gasteiger partial charge in [0.05, 0.1) is 18.4 Å². The number of carbonyl (C=O) groups is 3. The highest BCUT2D eigenvalue weighted by Gasteiger charge is 2.53. The molecule has 0 aliphatic carbocycles. The van der Waals surface area contributed by atoms with Crippen LogP contribution in [-0.4, -0.2) is 49.4 Å². The van der Waals surface area contributed by atoms with Crippen molar-refractivity contribution in [3.05, 3.63) is 83.7 Å². The number of para-hydroxylation sites is 1. The van der Waals surface area contributed by atoms with E-state index in [2.05, 4.69) is 10.4 Å². The summed E-state index contributed by atoms with van der Waals surface area (Å²) in [6.45, 7) is 0.274. The average molecular weight is 433 g/mol. The summed E-state index contributed by atoms with van der Waals surface area (Å²) in [5.74, 6) is -1.25. The number of aromatic nitrogens is 2. The molecule has 10 heteroatoms. The van der Waals surface area contributed by atoms with E-state index in [0.29, 0.717) is 11.3 Å². The summed E-state index contributed by atoms with van der Waals surface area (Å²) in [5.41, 5.74) is 2.01. The predicted octanol–water partition coefficient (Wildman–Crippen LogP) is 3.01. The van der Waals surface area contributed by atoms with Crippen molar-refractivity contribution in [2.45, 2.75) is 18.7 Å². The molecule has 0 spiro atoms. The second-order valence-electron chi connectivity index (χ2n) is 7.47. The van der Waals surface area contributed by atoms with Crippen LogP contribution in [0.5, 0.6) is 0 Å². The summed E-state index contributed by atoms with van der Waals surface area (Å²) in [6, 6.07) is 15.0. The van der Waals surface area contributed by atoms with Crippen molar-refractivity contribution in [2.75, 3.05) is 11.9 Å². The molecule has 3 aromatic rings. The molecule has 1 saturated heterocycles. The number of nitrogens with one attached hydrogen (secondary N) is 1. The number of amides is 3. The molecule has 3 heterocycles. The van der Waals surface area contributed by atoms with Crippen LogP contribution in [0.3, 0.4) is 0 Å². The van der Waals surface area contributed by atoms with Crippen LogP contribution in [0.2, 0.25) is 0 Å². The molecule has 10 nitrogen and oxygen atoms in total. The van der Waals surface area contributed by atoms with Gasteiger partial charge >= 0.3 is 18.0 Å². The number of carboxylic acid groups (broad SMARTS) is 1. The van der Waals surface area contributed by atoms with Crippen LogP contribution in [0.25, 0.3) is 0 Å². The minimum Gasteiger partial charge on any atom is -0.479 e. The highest BCUT2D eigenvalue weighted by atomic mass is 16.7. The zero-order valence-electron chi connectivity index (χ0n) is 16.8. The second kappa shape index (κ2) is 7.82. The Morgan fingerprint density at radius 3 is 2.47 bits per heavy atom. The van der Waals surface area contributed by atoms with E-state index >= 15 is 0 Å². The van der Waals surface area contributed by atoms with Gasteiger partial charge in [0.25, 0.3) is 0 Å². The van der Waals surface area contributed by atoms with Crippen LogP contribution in [-0.2, 0) is 16.2 Å². The smallest absolute Gasteiger partial charge is 0.346 e. The summed E-state index contributed by atoms with van der Waals surface area (Å²) in [7, 11) is 0. The molecule has 1 aromatic heterocycles. The van der Waals surface area contributed by atoms with Gasteiger partial charge in [-0.25, -0.2) is 14.4 Å². The van der Waals surface area contributed by atoms with Gasteiger partial charge in [-0.2, -0.15) is 14.8 Å². The molecule has 162 valence electrons. The Hall–Kier alpha value is -4.18. The van der Waals surface area contributed by atoms with E-state index in [4.69, 9.17) is 4.84 Å². The lowest BCUT2D eigenvalue weighted by molar-refractivity contribution is -0.143. The summed E-state index contributed by atoms with van der Waals surface area (Å²) >= 11 is 0. The van der Waals surface area contributed by atoms with Gasteiger partial charge in [-0.3, -0.25) is 4.84 Å². The van der Waals surface area contributed by atoms with E-state index in [9.17, 15) is 19.5 Å². The van der Waals surface area contributed by atoms with E-state index in [1.165, 1.54) is 16.2 Å². The SMILES string of the molecule is O=C(O)C1c2c(cnn2C(=O)Nc2ccccc2)[C@H]2CN1C(=O)N2OCc1ccccc1. The molecular formula is C22H19N5O5. The molecule has 1 fully saturated rings. The number of nitrogens with zero attached hydrogens (tertiary/aromatic N) is 4. The first-order chi connectivity index (χ1) is 15.5.